The Kier molecular flexibility index (Phi) is 6.37. The van der Waals surface area contributed by atoms with Crippen molar-refractivity contribution in [2.75, 3.05) is 0 Å². The molecule has 3 nitrogen and oxygen atoms in total. The molecular formula is C19H22N2O. The number of rotatable bonds is 7. The molecule has 2 aromatic carbocycles. The number of benzene rings is 2. The van der Waals surface area contributed by atoms with Gasteiger partial charge in [-0.05, 0) is 24.0 Å². The Morgan fingerprint density at radius 2 is 1.55 bits per heavy atom. The molecule has 0 spiro atoms. The van der Waals surface area contributed by atoms with Crippen LogP contribution >= 0.6 is 0 Å². The van der Waals surface area contributed by atoms with Gasteiger partial charge in [0.15, 0.2) is 0 Å². The number of hydrogen-bond donors (Lipinski definition) is 1. The van der Waals surface area contributed by atoms with E-state index in [1.54, 1.807) is 0 Å². The molecule has 114 valence electrons. The summed E-state index contributed by atoms with van der Waals surface area (Å²) < 4.78 is 0. The average Bonchev–Trinajstić information content (AvgIpc) is 2.58. The maximum atomic E-state index is 11.9. The molecule has 3 heteroatoms. The molecule has 0 atom stereocenters. The average molecular weight is 294 g/mol. The fraction of sp³-hybridized carbons (Fsp3) is 0.263. The van der Waals surface area contributed by atoms with Crippen LogP contribution in [0.25, 0.3) is 0 Å². The van der Waals surface area contributed by atoms with Crippen LogP contribution in [0.15, 0.2) is 65.8 Å². The number of carbonyl (C=O) groups is 1. The highest BCUT2D eigenvalue weighted by Gasteiger charge is 2.03. The first kappa shape index (κ1) is 16.0. The van der Waals surface area contributed by atoms with Gasteiger partial charge in [-0.25, -0.2) is 5.43 Å². The zero-order chi connectivity index (χ0) is 15.6. The molecule has 0 aromatic heterocycles. The Balaban J connectivity index is 1.82. The molecule has 0 radical (unpaired) electrons. The molecule has 1 N–H and O–H groups in total. The molecule has 0 bridgehead atoms. The van der Waals surface area contributed by atoms with E-state index >= 15 is 0 Å². The van der Waals surface area contributed by atoms with E-state index in [0.717, 1.165) is 25.0 Å². The number of hydrogen-bond acceptors (Lipinski definition) is 2. The van der Waals surface area contributed by atoms with Crippen molar-refractivity contribution in [2.24, 2.45) is 5.10 Å². The van der Waals surface area contributed by atoms with Gasteiger partial charge in [0.05, 0.1) is 0 Å². The summed E-state index contributed by atoms with van der Waals surface area (Å²) in [7, 11) is 0. The molecule has 0 heterocycles. The Labute approximate surface area is 132 Å². The van der Waals surface area contributed by atoms with Crippen molar-refractivity contribution >= 4 is 11.6 Å². The number of hydrazone groups is 1. The zero-order valence-electron chi connectivity index (χ0n) is 13.0. The number of carbonyl (C=O) groups excluding carboxylic acids is 1. The van der Waals surface area contributed by atoms with Gasteiger partial charge in [0.1, 0.15) is 0 Å². The van der Waals surface area contributed by atoms with Crippen LogP contribution in [0.1, 0.15) is 30.9 Å². The summed E-state index contributed by atoms with van der Waals surface area (Å²) in [4.78, 5) is 11.9. The normalized spacial score (nSPS) is 11.2. The van der Waals surface area contributed by atoms with Crippen LogP contribution in [0.2, 0.25) is 0 Å². The van der Waals surface area contributed by atoms with Gasteiger partial charge < -0.3 is 0 Å². The summed E-state index contributed by atoms with van der Waals surface area (Å²) in [6.07, 6.45) is 2.79. The minimum atomic E-state index is -0.0390. The van der Waals surface area contributed by atoms with E-state index in [-0.39, 0.29) is 5.91 Å². The molecule has 1 amide bonds. The van der Waals surface area contributed by atoms with E-state index in [4.69, 9.17) is 0 Å². The largest absolute Gasteiger partial charge is 0.273 e. The first-order valence-corrected chi connectivity index (χ1v) is 7.70. The van der Waals surface area contributed by atoms with Crippen LogP contribution in [0.4, 0.5) is 0 Å². The second kappa shape index (κ2) is 8.78. The van der Waals surface area contributed by atoms with Crippen LogP contribution in [0.5, 0.6) is 0 Å². The Morgan fingerprint density at radius 3 is 2.14 bits per heavy atom. The van der Waals surface area contributed by atoms with Crippen molar-refractivity contribution in [2.45, 2.75) is 32.6 Å². The molecular weight excluding hydrogens is 272 g/mol. The van der Waals surface area contributed by atoms with E-state index in [9.17, 15) is 4.79 Å². The van der Waals surface area contributed by atoms with Gasteiger partial charge in [0, 0.05) is 18.6 Å². The van der Waals surface area contributed by atoms with Gasteiger partial charge in [0.2, 0.25) is 5.91 Å². The van der Waals surface area contributed by atoms with E-state index in [1.165, 1.54) is 11.1 Å². The van der Waals surface area contributed by atoms with E-state index in [0.29, 0.717) is 6.42 Å². The van der Waals surface area contributed by atoms with Crippen LogP contribution < -0.4 is 5.43 Å². The van der Waals surface area contributed by atoms with E-state index in [2.05, 4.69) is 29.6 Å². The molecule has 22 heavy (non-hydrogen) atoms. The fourth-order valence-corrected chi connectivity index (χ4v) is 2.17. The van der Waals surface area contributed by atoms with Crippen molar-refractivity contribution in [3.05, 3.63) is 71.8 Å². The fourth-order valence-electron chi connectivity index (χ4n) is 2.17. The van der Waals surface area contributed by atoms with Crippen molar-refractivity contribution < 1.29 is 4.79 Å². The third kappa shape index (κ3) is 5.52. The predicted octanol–water partition coefficient (Wildman–Crippen LogP) is 3.74. The topological polar surface area (TPSA) is 41.5 Å². The molecule has 0 aliphatic rings. The van der Waals surface area contributed by atoms with Crippen LogP contribution in [0, 0.1) is 0 Å². The van der Waals surface area contributed by atoms with E-state index in [1.807, 2.05) is 48.5 Å². The van der Waals surface area contributed by atoms with Crippen LogP contribution in [-0.4, -0.2) is 11.6 Å². The standard InChI is InChI=1S/C19H22N2O/c1-2-18(15-17-11-7-4-8-12-17)20-21-19(22)14-13-16-9-5-3-6-10-16/h3-12H,2,13-15H2,1H3,(H,21,22)/b20-18-. The van der Waals surface area contributed by atoms with Gasteiger partial charge in [-0.15, -0.1) is 0 Å². The molecule has 2 rings (SSSR count). The van der Waals surface area contributed by atoms with Crippen molar-refractivity contribution in [3.63, 3.8) is 0 Å². The third-order valence-electron chi connectivity index (χ3n) is 3.48. The Morgan fingerprint density at radius 1 is 0.955 bits per heavy atom. The first-order valence-electron chi connectivity index (χ1n) is 7.70. The molecule has 2 aromatic rings. The number of nitrogens with zero attached hydrogens (tertiary/aromatic N) is 1. The summed E-state index contributed by atoms with van der Waals surface area (Å²) in [6, 6.07) is 20.2. The molecule has 0 fully saturated rings. The van der Waals surface area contributed by atoms with E-state index < -0.39 is 0 Å². The molecule has 0 saturated heterocycles. The quantitative estimate of drug-likeness (QED) is 0.613. The molecule has 0 unspecified atom stereocenters. The minimum absolute atomic E-state index is 0.0390. The maximum Gasteiger partial charge on any atom is 0.240 e. The lowest BCUT2D eigenvalue weighted by atomic mass is 10.1. The molecule has 0 saturated carbocycles. The van der Waals surface area contributed by atoms with Crippen molar-refractivity contribution in [1.82, 2.24) is 5.43 Å². The van der Waals surface area contributed by atoms with Crippen molar-refractivity contribution in [1.29, 1.82) is 0 Å². The van der Waals surface area contributed by atoms with Gasteiger partial charge in [-0.2, -0.15) is 5.10 Å². The van der Waals surface area contributed by atoms with Crippen LogP contribution in [0.3, 0.4) is 0 Å². The summed E-state index contributed by atoms with van der Waals surface area (Å²) in [5.74, 6) is -0.0390. The van der Waals surface area contributed by atoms with Crippen LogP contribution in [-0.2, 0) is 17.6 Å². The zero-order valence-corrected chi connectivity index (χ0v) is 13.0. The highest BCUT2D eigenvalue weighted by Crippen LogP contribution is 2.04. The van der Waals surface area contributed by atoms with Gasteiger partial charge >= 0.3 is 0 Å². The second-order valence-corrected chi connectivity index (χ2v) is 5.21. The number of amides is 1. The summed E-state index contributed by atoms with van der Waals surface area (Å²) in [6.45, 7) is 2.05. The second-order valence-electron chi connectivity index (χ2n) is 5.21. The minimum Gasteiger partial charge on any atom is -0.273 e. The van der Waals surface area contributed by atoms with Gasteiger partial charge in [0.25, 0.3) is 0 Å². The van der Waals surface area contributed by atoms with Gasteiger partial charge in [-0.3, -0.25) is 4.79 Å². The predicted molar refractivity (Wildman–Crippen MR) is 90.8 cm³/mol. The summed E-state index contributed by atoms with van der Waals surface area (Å²) >= 11 is 0. The summed E-state index contributed by atoms with van der Waals surface area (Å²) in [5.41, 5.74) is 6.04. The SMILES string of the molecule is CC/C(Cc1ccccc1)=N/NC(=O)CCc1ccccc1. The lowest BCUT2D eigenvalue weighted by Crippen LogP contribution is -2.20. The first-order chi connectivity index (χ1) is 10.8. The third-order valence-corrected chi connectivity index (χ3v) is 3.48. The lowest BCUT2D eigenvalue weighted by Gasteiger charge is -2.05. The lowest BCUT2D eigenvalue weighted by molar-refractivity contribution is -0.121. The smallest absolute Gasteiger partial charge is 0.240 e. The number of aryl methyl sites for hydroxylation is 1. The summed E-state index contributed by atoms with van der Waals surface area (Å²) in [5, 5.41) is 4.27. The molecule has 0 aliphatic carbocycles. The van der Waals surface area contributed by atoms with Gasteiger partial charge in [-0.1, -0.05) is 67.6 Å². The monoisotopic (exact) mass is 294 g/mol. The Hall–Kier alpha value is -2.42. The van der Waals surface area contributed by atoms with Crippen molar-refractivity contribution in [3.8, 4) is 0 Å². The maximum absolute atomic E-state index is 11.9. The molecule has 0 aliphatic heterocycles. The number of nitrogens with one attached hydrogen (secondary N) is 1. The highest BCUT2D eigenvalue weighted by atomic mass is 16.2. The Bertz CT molecular complexity index is 606. The highest BCUT2D eigenvalue weighted by molar-refractivity contribution is 5.87.